The van der Waals surface area contributed by atoms with E-state index in [0.717, 1.165) is 55.4 Å². The van der Waals surface area contributed by atoms with Crippen molar-refractivity contribution in [3.8, 4) is 0 Å². The van der Waals surface area contributed by atoms with Crippen LogP contribution in [0.1, 0.15) is 44.0 Å². The van der Waals surface area contributed by atoms with Crippen LogP contribution in [0, 0.1) is 11.7 Å². The number of nitrogens with one attached hydrogen (secondary N) is 1. The van der Waals surface area contributed by atoms with Gasteiger partial charge in [0.2, 0.25) is 11.0 Å². The lowest BCUT2D eigenvalue weighted by Gasteiger charge is -2.31. The number of anilines is 1. The highest BCUT2D eigenvalue weighted by molar-refractivity contribution is 7.09. The van der Waals surface area contributed by atoms with E-state index in [4.69, 9.17) is 0 Å². The zero-order chi connectivity index (χ0) is 18.4. The van der Waals surface area contributed by atoms with Gasteiger partial charge >= 0.3 is 0 Å². The van der Waals surface area contributed by atoms with Crippen LogP contribution in [0.4, 0.5) is 9.52 Å². The standard InChI is InChI=1S/C19H25FN4OS/c1-2-3-18(25)21-13-15-8-10-24(11-9-15)19-22-17(23-26-19)12-14-4-6-16(20)7-5-14/h4-7,15H,2-3,8-13H2,1H3,(H,21,25). The molecular formula is C19H25FN4OS. The van der Waals surface area contributed by atoms with Crippen LogP contribution in [0.15, 0.2) is 24.3 Å². The van der Waals surface area contributed by atoms with Gasteiger partial charge in [0.25, 0.3) is 0 Å². The number of piperidine rings is 1. The highest BCUT2D eigenvalue weighted by Crippen LogP contribution is 2.25. The third kappa shape index (κ3) is 5.24. The molecule has 2 aromatic rings. The molecule has 0 spiro atoms. The van der Waals surface area contributed by atoms with Gasteiger partial charge in [-0.15, -0.1) is 0 Å². The van der Waals surface area contributed by atoms with Crippen molar-refractivity contribution in [2.75, 3.05) is 24.5 Å². The molecule has 140 valence electrons. The topological polar surface area (TPSA) is 58.1 Å². The van der Waals surface area contributed by atoms with Crippen molar-refractivity contribution in [3.63, 3.8) is 0 Å². The molecule has 1 saturated heterocycles. The molecule has 7 heteroatoms. The number of carbonyl (C=O) groups excluding carboxylic acids is 1. The number of benzene rings is 1. The molecule has 1 aliphatic heterocycles. The fraction of sp³-hybridized carbons (Fsp3) is 0.526. The fourth-order valence-electron chi connectivity index (χ4n) is 3.13. The zero-order valence-corrected chi connectivity index (χ0v) is 15.9. The van der Waals surface area contributed by atoms with Gasteiger partial charge < -0.3 is 10.2 Å². The minimum atomic E-state index is -0.227. The van der Waals surface area contributed by atoms with Gasteiger partial charge in [-0.1, -0.05) is 19.1 Å². The molecule has 1 aromatic heterocycles. The number of hydrogen-bond acceptors (Lipinski definition) is 5. The van der Waals surface area contributed by atoms with E-state index in [9.17, 15) is 9.18 Å². The van der Waals surface area contributed by atoms with Crippen molar-refractivity contribution in [2.45, 2.75) is 39.0 Å². The minimum Gasteiger partial charge on any atom is -0.356 e. The Hall–Kier alpha value is -2.02. The van der Waals surface area contributed by atoms with Crippen molar-refractivity contribution in [3.05, 3.63) is 41.5 Å². The summed E-state index contributed by atoms with van der Waals surface area (Å²) in [6.45, 7) is 4.68. The quantitative estimate of drug-likeness (QED) is 0.805. The van der Waals surface area contributed by atoms with E-state index < -0.39 is 0 Å². The molecule has 3 rings (SSSR count). The van der Waals surface area contributed by atoms with Crippen molar-refractivity contribution in [2.24, 2.45) is 5.92 Å². The second kappa shape index (κ2) is 9.07. The van der Waals surface area contributed by atoms with Gasteiger partial charge in [0.1, 0.15) is 11.6 Å². The van der Waals surface area contributed by atoms with Crippen LogP contribution in [0.5, 0.6) is 0 Å². The third-order valence-electron chi connectivity index (χ3n) is 4.68. The van der Waals surface area contributed by atoms with Crippen LogP contribution < -0.4 is 10.2 Å². The molecule has 1 fully saturated rings. The van der Waals surface area contributed by atoms with E-state index in [1.165, 1.54) is 23.7 Å². The van der Waals surface area contributed by atoms with Crippen molar-refractivity contribution < 1.29 is 9.18 Å². The predicted octanol–water partition coefficient (Wildman–Crippen LogP) is 3.40. The van der Waals surface area contributed by atoms with Gasteiger partial charge in [0.05, 0.1) is 0 Å². The number of hydrogen-bond donors (Lipinski definition) is 1. The molecule has 0 radical (unpaired) electrons. The Labute approximate surface area is 157 Å². The second-order valence-corrected chi connectivity index (χ2v) is 7.51. The van der Waals surface area contributed by atoms with Crippen LogP contribution in [-0.2, 0) is 11.2 Å². The molecule has 2 heterocycles. The van der Waals surface area contributed by atoms with E-state index in [2.05, 4.69) is 19.6 Å². The molecular weight excluding hydrogens is 351 g/mol. The first-order chi connectivity index (χ1) is 12.6. The van der Waals surface area contributed by atoms with Gasteiger partial charge in [-0.2, -0.15) is 4.37 Å². The molecule has 1 N–H and O–H groups in total. The lowest BCUT2D eigenvalue weighted by atomic mass is 9.97. The molecule has 0 saturated carbocycles. The molecule has 5 nitrogen and oxygen atoms in total. The summed E-state index contributed by atoms with van der Waals surface area (Å²) in [6.07, 6.45) is 4.23. The third-order valence-corrected chi connectivity index (χ3v) is 5.50. The van der Waals surface area contributed by atoms with Gasteiger partial charge in [-0.25, -0.2) is 9.37 Å². The lowest BCUT2D eigenvalue weighted by Crippen LogP contribution is -2.38. The number of aromatic nitrogens is 2. The van der Waals surface area contributed by atoms with Crippen LogP contribution in [0.3, 0.4) is 0 Å². The first kappa shape index (κ1) is 18.8. The van der Waals surface area contributed by atoms with E-state index in [1.807, 2.05) is 6.92 Å². The summed E-state index contributed by atoms with van der Waals surface area (Å²) in [5, 5.41) is 3.99. The highest BCUT2D eigenvalue weighted by atomic mass is 32.1. The Morgan fingerprint density at radius 1 is 1.31 bits per heavy atom. The summed E-state index contributed by atoms with van der Waals surface area (Å²) in [5.41, 5.74) is 1.01. The van der Waals surface area contributed by atoms with Crippen LogP contribution in [-0.4, -0.2) is 34.9 Å². The van der Waals surface area contributed by atoms with Gasteiger partial charge in [0.15, 0.2) is 0 Å². The molecule has 0 atom stereocenters. The van der Waals surface area contributed by atoms with Crippen LogP contribution in [0.2, 0.25) is 0 Å². The first-order valence-corrected chi connectivity index (χ1v) is 10.00. The maximum Gasteiger partial charge on any atom is 0.219 e. The molecule has 0 aliphatic carbocycles. The Kier molecular flexibility index (Phi) is 6.55. The predicted molar refractivity (Wildman–Crippen MR) is 102 cm³/mol. The Morgan fingerprint density at radius 3 is 2.73 bits per heavy atom. The average molecular weight is 377 g/mol. The average Bonchev–Trinajstić information content (AvgIpc) is 3.11. The molecule has 1 aliphatic rings. The fourth-order valence-corrected chi connectivity index (χ4v) is 3.87. The smallest absolute Gasteiger partial charge is 0.219 e. The summed E-state index contributed by atoms with van der Waals surface area (Å²) < 4.78 is 17.4. The Morgan fingerprint density at radius 2 is 2.04 bits per heavy atom. The largest absolute Gasteiger partial charge is 0.356 e. The van der Waals surface area contributed by atoms with E-state index in [1.54, 1.807) is 12.1 Å². The Bertz CT molecular complexity index is 711. The van der Waals surface area contributed by atoms with Crippen molar-refractivity contribution >= 4 is 22.6 Å². The van der Waals surface area contributed by atoms with Crippen molar-refractivity contribution in [1.29, 1.82) is 0 Å². The maximum atomic E-state index is 13.0. The number of amides is 1. The summed E-state index contributed by atoms with van der Waals surface area (Å²) in [5.74, 6) is 1.25. The Balaban J connectivity index is 1.47. The summed E-state index contributed by atoms with van der Waals surface area (Å²) >= 11 is 1.43. The number of halogens is 1. The van der Waals surface area contributed by atoms with Crippen LogP contribution >= 0.6 is 11.5 Å². The van der Waals surface area contributed by atoms with E-state index in [-0.39, 0.29) is 11.7 Å². The number of nitrogens with zero attached hydrogens (tertiary/aromatic N) is 3. The molecule has 26 heavy (non-hydrogen) atoms. The second-order valence-electron chi connectivity index (χ2n) is 6.78. The molecule has 1 amide bonds. The molecule has 0 bridgehead atoms. The summed E-state index contributed by atoms with van der Waals surface area (Å²) in [7, 11) is 0. The monoisotopic (exact) mass is 376 g/mol. The molecule has 1 aromatic carbocycles. The summed E-state index contributed by atoms with van der Waals surface area (Å²) in [4.78, 5) is 18.5. The lowest BCUT2D eigenvalue weighted by molar-refractivity contribution is -0.121. The number of rotatable bonds is 7. The van der Waals surface area contributed by atoms with Gasteiger partial charge in [-0.3, -0.25) is 4.79 Å². The van der Waals surface area contributed by atoms with Crippen LogP contribution in [0.25, 0.3) is 0 Å². The van der Waals surface area contributed by atoms with Gasteiger partial charge in [0, 0.05) is 44.0 Å². The first-order valence-electron chi connectivity index (χ1n) is 9.22. The number of carbonyl (C=O) groups is 1. The maximum absolute atomic E-state index is 13.0. The van der Waals surface area contributed by atoms with E-state index >= 15 is 0 Å². The summed E-state index contributed by atoms with van der Waals surface area (Å²) in [6, 6.07) is 6.47. The van der Waals surface area contributed by atoms with E-state index in [0.29, 0.717) is 18.8 Å². The SMILES string of the molecule is CCCC(=O)NCC1CCN(c2nc(Cc3ccc(F)cc3)ns2)CC1. The normalized spacial score (nSPS) is 15.2. The minimum absolute atomic E-state index is 0.157. The highest BCUT2D eigenvalue weighted by Gasteiger charge is 2.22. The zero-order valence-electron chi connectivity index (χ0n) is 15.1. The van der Waals surface area contributed by atoms with Crippen molar-refractivity contribution in [1.82, 2.24) is 14.7 Å². The van der Waals surface area contributed by atoms with Gasteiger partial charge in [-0.05, 0) is 42.9 Å². The molecule has 0 unspecified atom stereocenters.